The molecule has 2 unspecified atom stereocenters. The number of benzene rings is 1. The summed E-state index contributed by atoms with van der Waals surface area (Å²) in [4.78, 5) is 13.9. The van der Waals surface area contributed by atoms with Gasteiger partial charge in [-0.1, -0.05) is 19.1 Å². The van der Waals surface area contributed by atoms with Crippen LogP contribution in [-0.4, -0.2) is 45.1 Å². The lowest BCUT2D eigenvalue weighted by Gasteiger charge is -2.26. The summed E-state index contributed by atoms with van der Waals surface area (Å²) in [5.41, 5.74) is 6.61. The lowest BCUT2D eigenvalue weighted by Crippen LogP contribution is -2.38. The summed E-state index contributed by atoms with van der Waals surface area (Å²) in [5, 5.41) is 2.95. The highest BCUT2D eigenvalue weighted by molar-refractivity contribution is 5.85. The van der Waals surface area contributed by atoms with Crippen molar-refractivity contribution in [2.24, 2.45) is 11.7 Å². The summed E-state index contributed by atoms with van der Waals surface area (Å²) < 4.78 is 5.24. The minimum absolute atomic E-state index is 0. The van der Waals surface area contributed by atoms with Gasteiger partial charge in [-0.15, -0.1) is 24.8 Å². The van der Waals surface area contributed by atoms with Crippen LogP contribution in [0.25, 0.3) is 0 Å². The molecule has 1 rings (SSSR count). The van der Waals surface area contributed by atoms with Crippen molar-refractivity contribution < 1.29 is 9.53 Å². The first-order chi connectivity index (χ1) is 9.49. The second-order valence-corrected chi connectivity index (χ2v) is 5.14. The normalized spacial score (nSPS) is 12.6. The fourth-order valence-corrected chi connectivity index (χ4v) is 1.93. The molecule has 0 radical (unpaired) electrons. The summed E-state index contributed by atoms with van der Waals surface area (Å²) in [6.07, 6.45) is 0. The van der Waals surface area contributed by atoms with Crippen molar-refractivity contribution >= 4 is 30.7 Å². The van der Waals surface area contributed by atoms with E-state index in [4.69, 9.17) is 10.5 Å². The lowest BCUT2D eigenvalue weighted by molar-refractivity contribution is -0.124. The van der Waals surface area contributed by atoms with Gasteiger partial charge in [-0.2, -0.15) is 0 Å². The minimum atomic E-state index is -0.164. The van der Waals surface area contributed by atoms with E-state index in [1.165, 1.54) is 0 Å². The van der Waals surface area contributed by atoms with Crippen LogP contribution in [0.15, 0.2) is 24.3 Å². The van der Waals surface area contributed by atoms with Crippen molar-refractivity contribution in [2.45, 2.75) is 13.0 Å². The second kappa shape index (κ2) is 11.5. The molecule has 0 heterocycles. The maximum atomic E-state index is 11.8. The fourth-order valence-electron chi connectivity index (χ4n) is 1.93. The van der Waals surface area contributed by atoms with Gasteiger partial charge >= 0.3 is 0 Å². The zero-order chi connectivity index (χ0) is 15.1. The third-order valence-corrected chi connectivity index (χ3v) is 3.37. The molecule has 1 aromatic rings. The Morgan fingerprint density at radius 2 is 2.00 bits per heavy atom. The Morgan fingerprint density at radius 1 is 1.36 bits per heavy atom. The summed E-state index contributed by atoms with van der Waals surface area (Å²) in [6, 6.07) is 7.98. The van der Waals surface area contributed by atoms with E-state index in [9.17, 15) is 4.79 Å². The molecule has 22 heavy (non-hydrogen) atoms. The van der Waals surface area contributed by atoms with E-state index < -0.39 is 0 Å². The zero-order valence-corrected chi connectivity index (χ0v) is 15.2. The number of hydrogen-bond acceptors (Lipinski definition) is 4. The molecule has 1 aromatic carbocycles. The number of halogens is 2. The monoisotopic (exact) mass is 351 g/mol. The van der Waals surface area contributed by atoms with Crippen molar-refractivity contribution in [3.63, 3.8) is 0 Å². The van der Waals surface area contributed by atoms with Crippen LogP contribution in [0.5, 0.6) is 5.75 Å². The van der Waals surface area contributed by atoms with Crippen LogP contribution in [0.2, 0.25) is 0 Å². The molecule has 1 amide bonds. The van der Waals surface area contributed by atoms with E-state index in [2.05, 4.69) is 10.2 Å². The van der Waals surface area contributed by atoms with Crippen LogP contribution < -0.4 is 15.8 Å². The Bertz CT molecular complexity index is 445. The Kier molecular flexibility index (Phi) is 12.2. The van der Waals surface area contributed by atoms with E-state index in [0.29, 0.717) is 13.1 Å². The van der Waals surface area contributed by atoms with E-state index in [1.54, 1.807) is 7.11 Å². The number of nitrogens with two attached hydrogens (primary N) is 1. The first-order valence-corrected chi connectivity index (χ1v) is 6.77. The molecule has 3 N–H and O–H groups in total. The summed E-state index contributed by atoms with van der Waals surface area (Å²) in [7, 11) is 5.62. The molecule has 0 saturated heterocycles. The molecule has 0 aliphatic carbocycles. The quantitative estimate of drug-likeness (QED) is 0.786. The second-order valence-electron chi connectivity index (χ2n) is 5.14. The molecule has 0 fully saturated rings. The SMILES string of the molecule is COc1cccc(C(CNC(=O)C(C)CN)N(C)C)c1.Cl.Cl. The van der Waals surface area contributed by atoms with Gasteiger partial charge in [-0.25, -0.2) is 0 Å². The highest BCUT2D eigenvalue weighted by atomic mass is 35.5. The predicted octanol–water partition coefficient (Wildman–Crippen LogP) is 1.85. The average molecular weight is 352 g/mol. The number of hydrogen-bond donors (Lipinski definition) is 2. The van der Waals surface area contributed by atoms with Crippen molar-refractivity contribution in [1.82, 2.24) is 10.2 Å². The number of carbonyl (C=O) groups excluding carboxylic acids is 1. The lowest BCUT2D eigenvalue weighted by atomic mass is 10.0. The van der Waals surface area contributed by atoms with E-state index in [1.807, 2.05) is 45.3 Å². The van der Waals surface area contributed by atoms with Gasteiger partial charge in [0.2, 0.25) is 5.91 Å². The minimum Gasteiger partial charge on any atom is -0.497 e. The summed E-state index contributed by atoms with van der Waals surface area (Å²) >= 11 is 0. The summed E-state index contributed by atoms with van der Waals surface area (Å²) in [6.45, 7) is 2.73. The predicted molar refractivity (Wildman–Crippen MR) is 95.1 cm³/mol. The Morgan fingerprint density at radius 3 is 2.50 bits per heavy atom. The number of methoxy groups -OCH3 is 1. The number of carbonyl (C=O) groups is 1. The van der Waals surface area contributed by atoms with Crippen LogP contribution in [0.1, 0.15) is 18.5 Å². The van der Waals surface area contributed by atoms with Gasteiger partial charge in [0, 0.05) is 19.0 Å². The maximum Gasteiger partial charge on any atom is 0.224 e. The first-order valence-electron chi connectivity index (χ1n) is 6.77. The summed E-state index contributed by atoms with van der Waals surface area (Å²) in [5.74, 6) is 0.640. The third kappa shape index (κ3) is 6.83. The Hall–Kier alpha value is -1.01. The Balaban J connectivity index is 0. The van der Waals surface area contributed by atoms with Gasteiger partial charge in [0.05, 0.1) is 13.2 Å². The van der Waals surface area contributed by atoms with Crippen LogP contribution in [0, 0.1) is 5.92 Å². The molecule has 0 bridgehead atoms. The molecule has 0 aromatic heterocycles. The topological polar surface area (TPSA) is 67.6 Å². The molecule has 0 aliphatic heterocycles. The number of rotatable bonds is 7. The van der Waals surface area contributed by atoms with Gasteiger partial charge in [-0.3, -0.25) is 4.79 Å². The van der Waals surface area contributed by atoms with Gasteiger partial charge in [-0.05, 0) is 31.8 Å². The number of nitrogens with one attached hydrogen (secondary N) is 1. The van der Waals surface area contributed by atoms with Gasteiger partial charge in [0.25, 0.3) is 0 Å². The largest absolute Gasteiger partial charge is 0.497 e. The molecule has 0 aliphatic rings. The van der Waals surface area contributed by atoms with E-state index in [0.717, 1.165) is 11.3 Å². The molecule has 5 nitrogen and oxygen atoms in total. The number of amides is 1. The molecule has 0 spiro atoms. The van der Waals surface area contributed by atoms with Gasteiger partial charge in [0.1, 0.15) is 5.75 Å². The highest BCUT2D eigenvalue weighted by Crippen LogP contribution is 2.22. The molecular formula is C15H27Cl2N3O2. The van der Waals surface area contributed by atoms with Crippen molar-refractivity contribution in [2.75, 3.05) is 34.3 Å². The number of likely N-dealkylation sites (N-methyl/N-ethyl adjacent to an activating group) is 1. The van der Waals surface area contributed by atoms with Crippen LogP contribution in [0.3, 0.4) is 0 Å². The van der Waals surface area contributed by atoms with Crippen LogP contribution >= 0.6 is 24.8 Å². The first kappa shape index (κ1) is 23.3. The van der Waals surface area contributed by atoms with Gasteiger partial charge in [0.15, 0.2) is 0 Å². The van der Waals surface area contributed by atoms with Crippen LogP contribution in [0.4, 0.5) is 0 Å². The number of nitrogens with zero attached hydrogens (tertiary/aromatic N) is 1. The molecular weight excluding hydrogens is 325 g/mol. The van der Waals surface area contributed by atoms with E-state index in [-0.39, 0.29) is 42.7 Å². The Labute approximate surface area is 145 Å². The smallest absolute Gasteiger partial charge is 0.224 e. The fraction of sp³-hybridized carbons (Fsp3) is 0.533. The van der Waals surface area contributed by atoms with Crippen molar-refractivity contribution in [1.29, 1.82) is 0 Å². The van der Waals surface area contributed by atoms with Gasteiger partial charge < -0.3 is 20.7 Å². The third-order valence-electron chi connectivity index (χ3n) is 3.37. The van der Waals surface area contributed by atoms with Crippen molar-refractivity contribution in [3.05, 3.63) is 29.8 Å². The van der Waals surface area contributed by atoms with Crippen molar-refractivity contribution in [3.8, 4) is 5.75 Å². The van der Waals surface area contributed by atoms with E-state index >= 15 is 0 Å². The molecule has 128 valence electrons. The zero-order valence-electron chi connectivity index (χ0n) is 13.5. The maximum absolute atomic E-state index is 11.8. The molecule has 7 heteroatoms. The number of ether oxygens (including phenoxy) is 1. The average Bonchev–Trinajstić information content (AvgIpc) is 2.46. The van der Waals surface area contributed by atoms with Crippen LogP contribution in [-0.2, 0) is 4.79 Å². The standard InChI is InChI=1S/C15H25N3O2.2ClH/c1-11(9-16)15(19)17-10-14(18(2)3)12-6-5-7-13(8-12)20-4;;/h5-8,11,14H,9-10,16H2,1-4H3,(H,17,19);2*1H. The molecule has 0 saturated carbocycles. The highest BCUT2D eigenvalue weighted by Gasteiger charge is 2.17. The molecule has 2 atom stereocenters.